The molecule has 3 rings (SSSR count). The molecule has 0 aromatic heterocycles. The Morgan fingerprint density at radius 1 is 1.19 bits per heavy atom. The third kappa shape index (κ3) is 5.48. The van der Waals surface area contributed by atoms with Crippen LogP contribution >= 0.6 is 0 Å². The first-order chi connectivity index (χ1) is 14.5. The number of nitrogens with zero attached hydrogens (tertiary/aromatic N) is 1. The summed E-state index contributed by atoms with van der Waals surface area (Å²) in [6, 6.07) is 4.31. The van der Waals surface area contributed by atoms with Gasteiger partial charge in [0.05, 0.1) is 0 Å². The summed E-state index contributed by atoms with van der Waals surface area (Å²) in [4.78, 5) is 62.0. The van der Waals surface area contributed by atoms with Crippen molar-refractivity contribution in [3.05, 3.63) is 29.3 Å². The van der Waals surface area contributed by atoms with Gasteiger partial charge < -0.3 is 15.0 Å². The number of rotatable bonds is 6. The second-order valence-electron chi connectivity index (χ2n) is 8.72. The van der Waals surface area contributed by atoms with Crippen LogP contribution in [0.25, 0.3) is 0 Å². The van der Waals surface area contributed by atoms with Crippen molar-refractivity contribution in [3.63, 3.8) is 0 Å². The number of carbonyl (C=O) groups excluding carboxylic acids is 5. The molecule has 4 amide bonds. The zero-order chi connectivity index (χ0) is 22.8. The Balaban J connectivity index is 1.60. The number of ether oxygens (including phenoxy) is 1. The summed E-state index contributed by atoms with van der Waals surface area (Å²) in [7, 11) is 0. The molecule has 1 fully saturated rings. The van der Waals surface area contributed by atoms with Gasteiger partial charge in [-0.25, -0.2) is 0 Å². The lowest BCUT2D eigenvalue weighted by atomic mass is 10.0. The fourth-order valence-corrected chi connectivity index (χ4v) is 3.70. The summed E-state index contributed by atoms with van der Waals surface area (Å²) in [6.07, 6.45) is 1.07. The van der Waals surface area contributed by atoms with Gasteiger partial charge in [0.15, 0.2) is 0 Å². The molecule has 1 aromatic carbocycles. The van der Waals surface area contributed by atoms with Crippen molar-refractivity contribution >= 4 is 35.3 Å². The Labute approximate surface area is 180 Å². The Morgan fingerprint density at radius 2 is 1.94 bits per heavy atom. The fourth-order valence-electron chi connectivity index (χ4n) is 3.70. The molecule has 2 aliphatic rings. The quantitative estimate of drug-likeness (QED) is 0.526. The van der Waals surface area contributed by atoms with Gasteiger partial charge in [-0.15, -0.1) is 0 Å². The van der Waals surface area contributed by atoms with E-state index in [4.69, 9.17) is 4.74 Å². The third-order valence-electron chi connectivity index (χ3n) is 5.06. The van der Waals surface area contributed by atoms with Crippen LogP contribution in [0.15, 0.2) is 18.2 Å². The number of piperidine rings is 1. The largest absolute Gasteiger partial charge is 0.460 e. The van der Waals surface area contributed by atoms with Crippen molar-refractivity contribution in [1.82, 2.24) is 10.2 Å². The monoisotopic (exact) mass is 429 g/mol. The second kappa shape index (κ2) is 8.87. The molecule has 2 aliphatic heterocycles. The number of nitrogens with one attached hydrogen (secondary N) is 2. The van der Waals surface area contributed by atoms with Gasteiger partial charge in [-0.3, -0.25) is 29.3 Å². The van der Waals surface area contributed by atoms with Crippen LogP contribution in [0.5, 0.6) is 0 Å². The van der Waals surface area contributed by atoms with Gasteiger partial charge in [-0.05, 0) is 45.7 Å². The lowest BCUT2D eigenvalue weighted by molar-refractivity contribution is -0.155. The van der Waals surface area contributed by atoms with Crippen molar-refractivity contribution < 1.29 is 28.7 Å². The van der Waals surface area contributed by atoms with Gasteiger partial charge in [0, 0.05) is 42.6 Å². The van der Waals surface area contributed by atoms with Crippen LogP contribution in [0.2, 0.25) is 0 Å². The van der Waals surface area contributed by atoms with E-state index in [0.717, 1.165) is 0 Å². The Kier molecular flexibility index (Phi) is 6.42. The Bertz CT molecular complexity index is 934. The van der Waals surface area contributed by atoms with E-state index in [9.17, 15) is 24.0 Å². The molecule has 0 spiro atoms. The zero-order valence-corrected chi connectivity index (χ0v) is 17.9. The molecule has 2 N–H and O–H groups in total. The standard InChI is InChI=1S/C22H27N3O6/c1-22(2,3)31-19(28)9-5-8-17(26)23-15-7-4-6-13-14(15)12-25(21(13)30)16-10-11-18(27)24-20(16)29/h4,6-7,16H,5,8-12H2,1-3H3,(H,23,26)(H,24,27,29). The molecule has 0 aliphatic carbocycles. The number of imide groups is 1. The van der Waals surface area contributed by atoms with Crippen molar-refractivity contribution in [3.8, 4) is 0 Å². The summed E-state index contributed by atoms with van der Waals surface area (Å²) >= 11 is 0. The van der Waals surface area contributed by atoms with E-state index in [1.807, 2.05) is 0 Å². The lowest BCUT2D eigenvalue weighted by Gasteiger charge is -2.29. The van der Waals surface area contributed by atoms with Gasteiger partial charge in [0.2, 0.25) is 17.7 Å². The Hall–Kier alpha value is -3.23. The number of hydrogen-bond acceptors (Lipinski definition) is 6. The van der Waals surface area contributed by atoms with Gasteiger partial charge in [-0.2, -0.15) is 0 Å². The van der Waals surface area contributed by atoms with E-state index in [0.29, 0.717) is 23.2 Å². The molecule has 1 atom stereocenters. The summed E-state index contributed by atoms with van der Waals surface area (Å²) < 4.78 is 5.23. The third-order valence-corrected chi connectivity index (χ3v) is 5.06. The zero-order valence-electron chi connectivity index (χ0n) is 17.9. The SMILES string of the molecule is CC(C)(C)OC(=O)CCCC(=O)Nc1cccc2c1CN(C1CCC(=O)NC1=O)C2=O. The van der Waals surface area contributed by atoms with Gasteiger partial charge in [0.25, 0.3) is 5.91 Å². The van der Waals surface area contributed by atoms with Crippen molar-refractivity contribution in [2.45, 2.75) is 71.1 Å². The minimum absolute atomic E-state index is 0.133. The molecule has 0 radical (unpaired) electrons. The number of fused-ring (bicyclic) bond motifs is 1. The van der Waals surface area contributed by atoms with Gasteiger partial charge in [0.1, 0.15) is 11.6 Å². The van der Waals surface area contributed by atoms with Crippen LogP contribution in [-0.2, 0) is 30.5 Å². The minimum Gasteiger partial charge on any atom is -0.460 e. The van der Waals surface area contributed by atoms with Crippen LogP contribution in [0.4, 0.5) is 5.69 Å². The lowest BCUT2D eigenvalue weighted by Crippen LogP contribution is -2.52. The number of carbonyl (C=O) groups is 5. The molecule has 9 nitrogen and oxygen atoms in total. The molecule has 1 aromatic rings. The first-order valence-corrected chi connectivity index (χ1v) is 10.3. The predicted molar refractivity (Wildman–Crippen MR) is 111 cm³/mol. The van der Waals surface area contributed by atoms with Crippen LogP contribution in [0.3, 0.4) is 0 Å². The van der Waals surface area contributed by atoms with Crippen LogP contribution in [-0.4, -0.2) is 46.1 Å². The first kappa shape index (κ1) is 22.5. The molecule has 9 heteroatoms. The van der Waals surface area contributed by atoms with E-state index in [1.54, 1.807) is 39.0 Å². The first-order valence-electron chi connectivity index (χ1n) is 10.3. The molecule has 2 heterocycles. The fraction of sp³-hybridized carbons (Fsp3) is 0.500. The molecule has 0 bridgehead atoms. The van der Waals surface area contributed by atoms with E-state index >= 15 is 0 Å². The normalized spacial score (nSPS) is 18.5. The maximum atomic E-state index is 12.8. The highest BCUT2D eigenvalue weighted by Gasteiger charge is 2.39. The highest BCUT2D eigenvalue weighted by Crippen LogP contribution is 2.32. The van der Waals surface area contributed by atoms with Crippen LogP contribution in [0.1, 0.15) is 68.8 Å². The highest BCUT2D eigenvalue weighted by molar-refractivity contribution is 6.06. The average molecular weight is 429 g/mol. The summed E-state index contributed by atoms with van der Waals surface area (Å²) in [5, 5.41) is 5.07. The maximum absolute atomic E-state index is 12.8. The topological polar surface area (TPSA) is 122 Å². The number of anilines is 1. The minimum atomic E-state index is -0.713. The number of hydrogen-bond donors (Lipinski definition) is 2. The second-order valence-corrected chi connectivity index (χ2v) is 8.72. The number of esters is 1. The summed E-state index contributed by atoms with van der Waals surface area (Å²) in [6.45, 7) is 5.53. The average Bonchev–Trinajstić information content (AvgIpc) is 2.98. The smallest absolute Gasteiger partial charge is 0.306 e. The van der Waals surface area contributed by atoms with Gasteiger partial charge in [-0.1, -0.05) is 6.07 Å². The van der Waals surface area contributed by atoms with Crippen LogP contribution in [0, 0.1) is 0 Å². The summed E-state index contributed by atoms with van der Waals surface area (Å²) in [5.41, 5.74) is 1.00. The van der Waals surface area contributed by atoms with Crippen LogP contribution < -0.4 is 10.6 Å². The molecular formula is C22H27N3O6. The Morgan fingerprint density at radius 3 is 2.61 bits per heavy atom. The van der Waals surface area contributed by atoms with E-state index in [-0.39, 0.29) is 55.9 Å². The van der Waals surface area contributed by atoms with Crippen molar-refractivity contribution in [2.75, 3.05) is 5.32 Å². The molecular weight excluding hydrogens is 402 g/mol. The molecule has 1 saturated heterocycles. The molecule has 0 saturated carbocycles. The van der Waals surface area contributed by atoms with Gasteiger partial charge >= 0.3 is 5.97 Å². The van der Waals surface area contributed by atoms with E-state index in [2.05, 4.69) is 10.6 Å². The predicted octanol–water partition coefficient (Wildman–Crippen LogP) is 1.90. The van der Waals surface area contributed by atoms with Crippen molar-refractivity contribution in [1.29, 1.82) is 0 Å². The van der Waals surface area contributed by atoms with E-state index < -0.39 is 17.6 Å². The van der Waals surface area contributed by atoms with E-state index in [1.165, 1.54) is 4.90 Å². The molecule has 166 valence electrons. The summed E-state index contributed by atoms with van der Waals surface area (Å²) in [5.74, 6) is -1.75. The highest BCUT2D eigenvalue weighted by atomic mass is 16.6. The molecule has 31 heavy (non-hydrogen) atoms. The van der Waals surface area contributed by atoms with Crippen molar-refractivity contribution in [2.24, 2.45) is 0 Å². The maximum Gasteiger partial charge on any atom is 0.306 e. The number of benzene rings is 1. The molecule has 1 unspecified atom stereocenters. The number of amides is 4.